The van der Waals surface area contributed by atoms with Crippen molar-refractivity contribution in [3.63, 3.8) is 0 Å². The number of halogens is 1. The van der Waals surface area contributed by atoms with Crippen molar-refractivity contribution in [3.8, 4) is 6.07 Å². The third-order valence-corrected chi connectivity index (χ3v) is 2.84. The van der Waals surface area contributed by atoms with Crippen molar-refractivity contribution in [1.82, 2.24) is 5.32 Å². The third kappa shape index (κ3) is 4.61. The molecule has 0 aliphatic carbocycles. The van der Waals surface area contributed by atoms with E-state index in [1.54, 1.807) is 0 Å². The van der Waals surface area contributed by atoms with Crippen LogP contribution in [0.1, 0.15) is 30.6 Å². The Kier molecular flexibility index (Phi) is 6.10. The summed E-state index contributed by atoms with van der Waals surface area (Å²) < 4.78 is 13.6. The fraction of sp³-hybridized carbons (Fsp3) is 0.429. The Morgan fingerprint density at radius 2 is 2.20 bits per heavy atom. The first-order valence-corrected chi connectivity index (χ1v) is 6.21. The number of aliphatic hydroxyl groups is 2. The van der Waals surface area contributed by atoms with Crippen LogP contribution in [0.5, 0.6) is 0 Å². The Hall–Kier alpha value is -1.97. The molecule has 0 aromatic heterocycles. The minimum Gasteiger partial charge on any atom is -0.390 e. The van der Waals surface area contributed by atoms with Crippen molar-refractivity contribution in [2.45, 2.75) is 32.0 Å². The first-order valence-electron chi connectivity index (χ1n) is 6.21. The number of carbonyl (C=O) groups excluding carboxylic acids is 1. The number of hydrogen-bond donors (Lipinski definition) is 3. The lowest BCUT2D eigenvalue weighted by molar-refractivity contribution is -0.119. The quantitative estimate of drug-likeness (QED) is 0.719. The Morgan fingerprint density at radius 3 is 2.80 bits per heavy atom. The van der Waals surface area contributed by atoms with Crippen molar-refractivity contribution in [3.05, 3.63) is 35.1 Å². The van der Waals surface area contributed by atoms with Crippen LogP contribution in [0, 0.1) is 17.1 Å². The molecule has 1 aromatic carbocycles. The van der Waals surface area contributed by atoms with E-state index < -0.39 is 18.0 Å². The number of benzene rings is 1. The summed E-state index contributed by atoms with van der Waals surface area (Å²) in [6, 6.07) is 5.91. The van der Waals surface area contributed by atoms with Crippen LogP contribution in [0.4, 0.5) is 4.39 Å². The molecule has 2 unspecified atom stereocenters. The van der Waals surface area contributed by atoms with Crippen molar-refractivity contribution in [2.75, 3.05) is 6.54 Å². The summed E-state index contributed by atoms with van der Waals surface area (Å²) in [5.74, 6) is -0.883. The zero-order valence-electron chi connectivity index (χ0n) is 11.1. The third-order valence-electron chi connectivity index (χ3n) is 2.84. The Morgan fingerprint density at radius 1 is 1.50 bits per heavy atom. The first-order chi connectivity index (χ1) is 9.45. The molecule has 0 spiro atoms. The van der Waals surface area contributed by atoms with Crippen LogP contribution in [-0.4, -0.2) is 28.8 Å². The van der Waals surface area contributed by atoms with Crippen LogP contribution in [0.25, 0.3) is 0 Å². The molecule has 3 N–H and O–H groups in total. The van der Waals surface area contributed by atoms with Gasteiger partial charge in [-0.25, -0.2) is 4.39 Å². The molecule has 0 saturated carbocycles. The zero-order chi connectivity index (χ0) is 15.1. The molecule has 1 aromatic rings. The van der Waals surface area contributed by atoms with Gasteiger partial charge in [0.15, 0.2) is 0 Å². The summed E-state index contributed by atoms with van der Waals surface area (Å²) in [4.78, 5) is 10.7. The molecular formula is C14H17FN2O3. The molecule has 0 heterocycles. The van der Waals surface area contributed by atoms with E-state index in [0.29, 0.717) is 5.56 Å². The molecule has 2 atom stereocenters. The van der Waals surface area contributed by atoms with E-state index in [2.05, 4.69) is 5.32 Å². The molecule has 6 heteroatoms. The minimum absolute atomic E-state index is 0.0481. The lowest BCUT2D eigenvalue weighted by atomic mass is 9.98. The predicted octanol–water partition coefficient (Wildman–Crippen LogP) is 0.812. The fourth-order valence-electron chi connectivity index (χ4n) is 1.78. The molecule has 0 radical (unpaired) electrons. The summed E-state index contributed by atoms with van der Waals surface area (Å²) >= 11 is 0. The molecule has 0 fully saturated rings. The summed E-state index contributed by atoms with van der Waals surface area (Å²) in [5, 5.41) is 30.8. The molecule has 0 bridgehead atoms. The summed E-state index contributed by atoms with van der Waals surface area (Å²) in [6.45, 7) is 1.53. The summed E-state index contributed by atoms with van der Waals surface area (Å²) in [7, 11) is 0. The maximum Gasteiger partial charge on any atom is 0.216 e. The van der Waals surface area contributed by atoms with Crippen LogP contribution in [-0.2, 0) is 11.2 Å². The van der Waals surface area contributed by atoms with Crippen molar-refractivity contribution >= 4 is 5.91 Å². The summed E-state index contributed by atoms with van der Waals surface area (Å²) in [5.41, 5.74) is 0.519. The van der Waals surface area contributed by atoms with Gasteiger partial charge in [0.1, 0.15) is 11.9 Å². The van der Waals surface area contributed by atoms with Gasteiger partial charge in [-0.1, -0.05) is 6.07 Å². The number of nitrogens with zero attached hydrogens (tertiary/aromatic N) is 1. The molecule has 0 saturated heterocycles. The summed E-state index contributed by atoms with van der Waals surface area (Å²) in [6.07, 6.45) is -2.40. The number of nitriles is 1. The van der Waals surface area contributed by atoms with Crippen LogP contribution < -0.4 is 5.32 Å². The van der Waals surface area contributed by atoms with E-state index >= 15 is 0 Å². The maximum absolute atomic E-state index is 13.6. The van der Waals surface area contributed by atoms with Crippen molar-refractivity contribution < 1.29 is 19.4 Å². The fourth-order valence-corrected chi connectivity index (χ4v) is 1.78. The highest BCUT2D eigenvalue weighted by molar-refractivity contribution is 5.72. The first kappa shape index (κ1) is 16.1. The molecular weight excluding hydrogens is 263 g/mol. The van der Waals surface area contributed by atoms with Crippen LogP contribution in [0.15, 0.2) is 18.2 Å². The molecule has 20 heavy (non-hydrogen) atoms. The van der Waals surface area contributed by atoms with Crippen LogP contribution in [0.2, 0.25) is 0 Å². The van der Waals surface area contributed by atoms with E-state index in [4.69, 9.17) is 5.26 Å². The molecule has 1 amide bonds. The standard InChI is InChI=1S/C14H17FN2O3/c1-9(18)17-7-5-13(19)14(20)11-8-10(4-6-16)2-3-12(11)15/h2-3,8,13-14,19-20H,4-5,7H2,1H3,(H,17,18). The number of carbonyl (C=O) groups is 1. The van der Waals surface area contributed by atoms with E-state index in [9.17, 15) is 19.4 Å². The average Bonchev–Trinajstić information content (AvgIpc) is 2.40. The highest BCUT2D eigenvalue weighted by Crippen LogP contribution is 2.23. The minimum atomic E-state index is -1.40. The monoisotopic (exact) mass is 280 g/mol. The Bertz CT molecular complexity index is 514. The lowest BCUT2D eigenvalue weighted by Crippen LogP contribution is -2.28. The van der Waals surface area contributed by atoms with E-state index in [1.807, 2.05) is 6.07 Å². The van der Waals surface area contributed by atoms with Crippen LogP contribution >= 0.6 is 0 Å². The van der Waals surface area contributed by atoms with Gasteiger partial charge in [0.25, 0.3) is 0 Å². The second-order valence-electron chi connectivity index (χ2n) is 4.47. The Labute approximate surface area is 116 Å². The van der Waals surface area contributed by atoms with Crippen molar-refractivity contribution in [1.29, 1.82) is 5.26 Å². The van der Waals surface area contributed by atoms with Gasteiger partial charge in [0, 0.05) is 19.0 Å². The highest BCUT2D eigenvalue weighted by Gasteiger charge is 2.21. The van der Waals surface area contributed by atoms with E-state index in [0.717, 1.165) is 6.07 Å². The largest absolute Gasteiger partial charge is 0.390 e. The molecule has 0 aliphatic rings. The van der Waals surface area contributed by atoms with Gasteiger partial charge in [0.05, 0.1) is 18.6 Å². The number of amides is 1. The number of rotatable bonds is 6. The van der Waals surface area contributed by atoms with E-state index in [-0.39, 0.29) is 30.9 Å². The molecule has 108 valence electrons. The topological polar surface area (TPSA) is 93.3 Å². The normalized spacial score (nSPS) is 13.3. The average molecular weight is 280 g/mol. The van der Waals surface area contributed by atoms with Gasteiger partial charge in [-0.2, -0.15) is 5.26 Å². The van der Waals surface area contributed by atoms with Gasteiger partial charge in [-0.15, -0.1) is 0 Å². The predicted molar refractivity (Wildman–Crippen MR) is 70.0 cm³/mol. The SMILES string of the molecule is CC(=O)NCCC(O)C(O)c1cc(CC#N)ccc1F. The van der Waals surface area contributed by atoms with Crippen LogP contribution in [0.3, 0.4) is 0 Å². The number of aliphatic hydroxyl groups excluding tert-OH is 2. The van der Waals surface area contributed by atoms with Gasteiger partial charge < -0.3 is 15.5 Å². The highest BCUT2D eigenvalue weighted by atomic mass is 19.1. The molecule has 1 rings (SSSR count). The lowest BCUT2D eigenvalue weighted by Gasteiger charge is -2.19. The second-order valence-corrected chi connectivity index (χ2v) is 4.47. The Balaban J connectivity index is 2.74. The van der Waals surface area contributed by atoms with Gasteiger partial charge in [0.2, 0.25) is 5.91 Å². The van der Waals surface area contributed by atoms with Crippen molar-refractivity contribution in [2.24, 2.45) is 0 Å². The van der Waals surface area contributed by atoms with Gasteiger partial charge in [-0.05, 0) is 24.1 Å². The smallest absolute Gasteiger partial charge is 0.216 e. The second kappa shape index (κ2) is 7.58. The van der Waals surface area contributed by atoms with E-state index in [1.165, 1.54) is 19.1 Å². The maximum atomic E-state index is 13.6. The number of hydrogen-bond acceptors (Lipinski definition) is 4. The van der Waals surface area contributed by atoms with Gasteiger partial charge in [-0.3, -0.25) is 4.79 Å². The molecule has 5 nitrogen and oxygen atoms in total. The van der Waals surface area contributed by atoms with Gasteiger partial charge >= 0.3 is 0 Å². The molecule has 0 aliphatic heterocycles. The zero-order valence-corrected chi connectivity index (χ0v) is 11.1. The number of nitrogens with one attached hydrogen (secondary N) is 1.